The largest absolute Gasteiger partial charge is 0.346 e. The van der Waals surface area contributed by atoms with Crippen LogP contribution in [-0.4, -0.2) is 62.5 Å². The molecule has 0 saturated carbocycles. The Morgan fingerprint density at radius 3 is 2.77 bits per heavy atom. The lowest BCUT2D eigenvalue weighted by molar-refractivity contribution is -0.128. The number of nitrogens with zero attached hydrogens (tertiary/aromatic N) is 6. The lowest BCUT2D eigenvalue weighted by Crippen LogP contribution is -2.36. The van der Waals surface area contributed by atoms with Crippen LogP contribution in [0, 0.1) is 13.8 Å². The summed E-state index contributed by atoms with van der Waals surface area (Å²) in [5.74, 6) is 1.39. The maximum atomic E-state index is 12.9. The zero-order valence-corrected chi connectivity index (χ0v) is 19.9. The Labute approximate surface area is 191 Å². The Bertz CT molecular complexity index is 1050. The van der Waals surface area contributed by atoms with E-state index < -0.39 is 0 Å². The van der Waals surface area contributed by atoms with Crippen molar-refractivity contribution in [3.8, 4) is 11.4 Å². The van der Waals surface area contributed by atoms with Gasteiger partial charge in [0, 0.05) is 43.7 Å². The minimum Gasteiger partial charge on any atom is -0.346 e. The summed E-state index contributed by atoms with van der Waals surface area (Å²) in [5, 5.41) is 12.7. The van der Waals surface area contributed by atoms with Crippen molar-refractivity contribution >= 4 is 34.1 Å². The van der Waals surface area contributed by atoms with E-state index in [0.717, 1.165) is 66.5 Å². The van der Waals surface area contributed by atoms with Crippen molar-refractivity contribution in [3.63, 3.8) is 0 Å². The van der Waals surface area contributed by atoms with Crippen molar-refractivity contribution in [2.24, 2.45) is 0 Å². The molecular weight excluding hydrogens is 428 g/mol. The molecule has 2 aromatic heterocycles. The summed E-state index contributed by atoms with van der Waals surface area (Å²) < 4.78 is 2.08. The molecule has 4 rings (SSSR count). The Kier molecular flexibility index (Phi) is 6.92. The number of rotatable bonds is 6. The van der Waals surface area contributed by atoms with Crippen molar-refractivity contribution in [2.75, 3.05) is 36.8 Å². The van der Waals surface area contributed by atoms with Crippen LogP contribution in [0.4, 0.5) is 5.13 Å². The number of thioether (sulfide) groups is 1. The first-order valence-electron chi connectivity index (χ1n) is 10.6. The van der Waals surface area contributed by atoms with Gasteiger partial charge in [-0.3, -0.25) is 4.79 Å². The van der Waals surface area contributed by atoms with Gasteiger partial charge >= 0.3 is 0 Å². The minimum absolute atomic E-state index is 0.157. The molecule has 0 N–H and O–H groups in total. The topological polar surface area (TPSA) is 67.2 Å². The van der Waals surface area contributed by atoms with Crippen molar-refractivity contribution in [3.05, 3.63) is 40.9 Å². The van der Waals surface area contributed by atoms with E-state index in [1.165, 1.54) is 17.3 Å². The van der Waals surface area contributed by atoms with E-state index in [9.17, 15) is 4.79 Å². The zero-order chi connectivity index (χ0) is 21.8. The molecule has 0 spiro atoms. The van der Waals surface area contributed by atoms with Gasteiger partial charge in [-0.25, -0.2) is 4.98 Å². The van der Waals surface area contributed by atoms with Crippen LogP contribution in [0.2, 0.25) is 0 Å². The van der Waals surface area contributed by atoms with Crippen LogP contribution in [-0.2, 0) is 11.3 Å². The molecule has 1 saturated heterocycles. The number of carbonyl (C=O) groups excluding carboxylic acids is 1. The van der Waals surface area contributed by atoms with E-state index in [1.807, 2.05) is 17.9 Å². The molecule has 7 nitrogen and oxygen atoms in total. The van der Waals surface area contributed by atoms with Gasteiger partial charge in [-0.05, 0) is 33.3 Å². The summed E-state index contributed by atoms with van der Waals surface area (Å²) in [6.07, 6.45) is 0.956. The summed E-state index contributed by atoms with van der Waals surface area (Å²) in [4.78, 5) is 21.8. The third-order valence-electron chi connectivity index (χ3n) is 5.36. The predicted molar refractivity (Wildman–Crippen MR) is 127 cm³/mol. The molecule has 0 aliphatic carbocycles. The van der Waals surface area contributed by atoms with Gasteiger partial charge in [0.05, 0.1) is 11.4 Å². The molecule has 0 radical (unpaired) electrons. The molecular formula is C22H28N6OS2. The molecule has 1 fully saturated rings. The van der Waals surface area contributed by atoms with Crippen molar-refractivity contribution < 1.29 is 4.79 Å². The third-order valence-corrected chi connectivity index (χ3v) is 7.33. The maximum Gasteiger partial charge on any atom is 0.233 e. The SMILES string of the molecule is CCn1c(SCC(=O)N2CCCN(c3nc(C)cs3)CC2)nnc1-c1cccc(C)c1. The minimum atomic E-state index is 0.157. The van der Waals surface area contributed by atoms with Crippen molar-refractivity contribution in [2.45, 2.75) is 38.9 Å². The number of thiazole rings is 1. The molecule has 1 aliphatic heterocycles. The molecule has 1 aromatic carbocycles. The highest BCUT2D eigenvalue weighted by atomic mass is 32.2. The number of benzene rings is 1. The first-order valence-corrected chi connectivity index (χ1v) is 12.5. The van der Waals surface area contributed by atoms with Crippen molar-refractivity contribution in [1.29, 1.82) is 0 Å². The number of anilines is 1. The highest BCUT2D eigenvalue weighted by Crippen LogP contribution is 2.25. The predicted octanol–water partition coefficient (Wildman–Crippen LogP) is 3.87. The van der Waals surface area contributed by atoms with Gasteiger partial charge in [-0.15, -0.1) is 21.5 Å². The molecule has 0 bridgehead atoms. The summed E-state index contributed by atoms with van der Waals surface area (Å²) >= 11 is 3.15. The second-order valence-corrected chi connectivity index (χ2v) is 9.48. The van der Waals surface area contributed by atoms with Gasteiger partial charge in [-0.1, -0.05) is 35.5 Å². The number of carbonyl (C=O) groups is 1. The number of hydrogen-bond donors (Lipinski definition) is 0. The van der Waals surface area contributed by atoms with Gasteiger partial charge < -0.3 is 14.4 Å². The van der Waals surface area contributed by atoms with E-state index in [-0.39, 0.29) is 5.91 Å². The number of hydrogen-bond acceptors (Lipinski definition) is 7. The number of aryl methyl sites for hydroxylation is 2. The lowest BCUT2D eigenvalue weighted by Gasteiger charge is -2.21. The maximum absolute atomic E-state index is 12.9. The molecule has 0 unspecified atom stereocenters. The second kappa shape index (κ2) is 9.82. The molecule has 1 aliphatic rings. The average molecular weight is 457 g/mol. The summed E-state index contributed by atoms with van der Waals surface area (Å²) in [7, 11) is 0. The van der Waals surface area contributed by atoms with Gasteiger partial charge in [-0.2, -0.15) is 0 Å². The van der Waals surface area contributed by atoms with Crippen LogP contribution in [0.3, 0.4) is 0 Å². The lowest BCUT2D eigenvalue weighted by atomic mass is 10.1. The highest BCUT2D eigenvalue weighted by Gasteiger charge is 2.22. The monoisotopic (exact) mass is 456 g/mol. The Balaban J connectivity index is 1.37. The van der Waals surface area contributed by atoms with Gasteiger partial charge in [0.2, 0.25) is 5.91 Å². The summed E-state index contributed by atoms with van der Waals surface area (Å²) in [6.45, 7) is 10.2. The molecule has 1 amide bonds. The van der Waals surface area contributed by atoms with Crippen LogP contribution in [0.5, 0.6) is 0 Å². The highest BCUT2D eigenvalue weighted by molar-refractivity contribution is 7.99. The first kappa shape index (κ1) is 21.8. The fourth-order valence-electron chi connectivity index (χ4n) is 3.74. The van der Waals surface area contributed by atoms with Crippen LogP contribution < -0.4 is 4.90 Å². The quantitative estimate of drug-likeness (QED) is 0.525. The Hall–Kier alpha value is -2.39. The van der Waals surface area contributed by atoms with E-state index in [4.69, 9.17) is 0 Å². The van der Waals surface area contributed by atoms with Gasteiger partial charge in [0.1, 0.15) is 0 Å². The second-order valence-electron chi connectivity index (χ2n) is 7.70. The normalized spacial score (nSPS) is 14.7. The molecule has 9 heteroatoms. The van der Waals surface area contributed by atoms with E-state index in [2.05, 4.69) is 62.1 Å². The van der Waals surface area contributed by atoms with Crippen LogP contribution in [0.25, 0.3) is 11.4 Å². The average Bonchev–Trinajstić information content (AvgIpc) is 3.30. The molecule has 0 atom stereocenters. The van der Waals surface area contributed by atoms with Gasteiger partial charge in [0.15, 0.2) is 16.1 Å². The molecule has 3 heterocycles. The van der Waals surface area contributed by atoms with E-state index in [1.54, 1.807) is 11.3 Å². The van der Waals surface area contributed by atoms with E-state index >= 15 is 0 Å². The van der Waals surface area contributed by atoms with Crippen LogP contribution in [0.15, 0.2) is 34.8 Å². The van der Waals surface area contributed by atoms with Crippen LogP contribution >= 0.6 is 23.1 Å². The molecule has 31 heavy (non-hydrogen) atoms. The Morgan fingerprint density at radius 1 is 1.16 bits per heavy atom. The molecule has 3 aromatic rings. The Morgan fingerprint density at radius 2 is 2.03 bits per heavy atom. The fraction of sp³-hybridized carbons (Fsp3) is 0.455. The number of amides is 1. The summed E-state index contributed by atoms with van der Waals surface area (Å²) in [5.41, 5.74) is 3.30. The van der Waals surface area contributed by atoms with Gasteiger partial charge in [0.25, 0.3) is 0 Å². The standard InChI is InChI=1S/C22H28N6OS2/c1-4-28-20(18-8-5-7-16(2)13-18)24-25-22(28)31-15-19(29)26-9-6-10-27(12-11-26)21-23-17(3)14-30-21/h5,7-8,13-14H,4,6,9-12,15H2,1-3H3. The third kappa shape index (κ3) is 5.10. The van der Waals surface area contributed by atoms with Crippen molar-refractivity contribution in [1.82, 2.24) is 24.6 Å². The zero-order valence-electron chi connectivity index (χ0n) is 18.2. The first-order chi connectivity index (χ1) is 15.0. The smallest absolute Gasteiger partial charge is 0.233 e. The molecule has 164 valence electrons. The summed E-state index contributed by atoms with van der Waals surface area (Å²) in [6, 6.07) is 8.27. The number of aromatic nitrogens is 4. The fourth-order valence-corrected chi connectivity index (χ4v) is 5.50. The van der Waals surface area contributed by atoms with Crippen LogP contribution in [0.1, 0.15) is 24.6 Å². The van der Waals surface area contributed by atoms with E-state index in [0.29, 0.717) is 5.75 Å².